The molecule has 0 aliphatic carbocycles. The lowest BCUT2D eigenvalue weighted by atomic mass is 10.1. The summed E-state index contributed by atoms with van der Waals surface area (Å²) < 4.78 is 1.96. The number of nitrogens with one attached hydrogen (secondary N) is 1. The molecule has 1 N–H and O–H groups in total. The highest BCUT2D eigenvalue weighted by Crippen LogP contribution is 2.19. The van der Waals surface area contributed by atoms with E-state index in [-0.39, 0.29) is 0 Å². The Morgan fingerprint density at radius 3 is 2.78 bits per heavy atom. The molecule has 1 aliphatic heterocycles. The van der Waals surface area contributed by atoms with Crippen molar-refractivity contribution in [1.82, 2.24) is 25.1 Å². The van der Waals surface area contributed by atoms with Crippen LogP contribution in [0.5, 0.6) is 0 Å². The Morgan fingerprint density at radius 2 is 2.09 bits per heavy atom. The van der Waals surface area contributed by atoms with Crippen molar-refractivity contribution in [3.63, 3.8) is 0 Å². The molecule has 3 heterocycles. The van der Waals surface area contributed by atoms with Crippen molar-refractivity contribution in [3.8, 4) is 0 Å². The van der Waals surface area contributed by atoms with Gasteiger partial charge in [0.05, 0.1) is 11.9 Å². The summed E-state index contributed by atoms with van der Waals surface area (Å²) in [4.78, 5) is 11.4. The Bertz CT molecular complexity index is 638. The summed E-state index contributed by atoms with van der Waals surface area (Å²) >= 11 is 0. The van der Waals surface area contributed by atoms with Crippen LogP contribution in [0.1, 0.15) is 35.6 Å². The summed E-state index contributed by atoms with van der Waals surface area (Å²) in [5.74, 6) is 1.90. The Labute approximate surface area is 137 Å². The molecule has 1 unspecified atom stereocenters. The Hall–Kier alpha value is -1.95. The van der Waals surface area contributed by atoms with Crippen molar-refractivity contribution < 1.29 is 0 Å². The van der Waals surface area contributed by atoms with Crippen molar-refractivity contribution >= 4 is 5.82 Å². The number of aryl methyl sites for hydroxylation is 4. The fraction of sp³-hybridized carbons (Fsp3) is 0.588. The Morgan fingerprint density at radius 1 is 1.26 bits per heavy atom. The smallest absolute Gasteiger partial charge is 0.132 e. The molecule has 6 heteroatoms. The van der Waals surface area contributed by atoms with E-state index in [2.05, 4.69) is 38.3 Å². The van der Waals surface area contributed by atoms with Gasteiger partial charge in [0.25, 0.3) is 0 Å². The second-order valence-electron chi connectivity index (χ2n) is 6.48. The van der Waals surface area contributed by atoms with E-state index < -0.39 is 0 Å². The molecule has 1 aliphatic rings. The lowest BCUT2D eigenvalue weighted by Crippen LogP contribution is -2.46. The lowest BCUT2D eigenvalue weighted by Gasteiger charge is -2.34. The number of rotatable bonds is 4. The van der Waals surface area contributed by atoms with Gasteiger partial charge in [-0.25, -0.2) is 9.97 Å². The third-order valence-electron chi connectivity index (χ3n) is 4.53. The fourth-order valence-corrected chi connectivity index (χ4v) is 3.28. The van der Waals surface area contributed by atoms with Crippen LogP contribution in [0.15, 0.2) is 12.3 Å². The van der Waals surface area contributed by atoms with Crippen LogP contribution < -0.4 is 10.2 Å². The van der Waals surface area contributed by atoms with Crippen LogP contribution in [0.4, 0.5) is 5.82 Å². The van der Waals surface area contributed by atoms with E-state index in [0.717, 1.165) is 37.0 Å². The number of anilines is 1. The predicted molar refractivity (Wildman–Crippen MR) is 91.5 cm³/mol. The molecule has 1 atom stereocenters. The fourth-order valence-electron chi connectivity index (χ4n) is 3.28. The van der Waals surface area contributed by atoms with Crippen molar-refractivity contribution in [2.75, 3.05) is 18.0 Å². The molecule has 0 bridgehead atoms. The molecular weight excluding hydrogens is 288 g/mol. The minimum Gasteiger partial charge on any atom is -0.355 e. The molecule has 2 aromatic rings. The van der Waals surface area contributed by atoms with E-state index in [0.29, 0.717) is 6.04 Å². The third-order valence-corrected chi connectivity index (χ3v) is 4.53. The van der Waals surface area contributed by atoms with Crippen molar-refractivity contribution in [3.05, 3.63) is 35.0 Å². The molecule has 0 amide bonds. The first-order chi connectivity index (χ1) is 11.0. The maximum absolute atomic E-state index is 4.60. The molecule has 1 fully saturated rings. The normalized spacial score (nSPS) is 18.4. The maximum atomic E-state index is 4.60. The molecule has 124 valence electrons. The highest BCUT2D eigenvalue weighted by molar-refractivity contribution is 5.40. The first-order valence-corrected chi connectivity index (χ1v) is 8.31. The van der Waals surface area contributed by atoms with Gasteiger partial charge >= 0.3 is 0 Å². The summed E-state index contributed by atoms with van der Waals surface area (Å²) in [5.41, 5.74) is 3.54. The van der Waals surface area contributed by atoms with Gasteiger partial charge in [0.2, 0.25) is 0 Å². The average Bonchev–Trinajstić information content (AvgIpc) is 2.83. The van der Waals surface area contributed by atoms with Crippen molar-refractivity contribution in [1.29, 1.82) is 0 Å². The third kappa shape index (κ3) is 3.69. The number of hydrogen-bond donors (Lipinski definition) is 1. The van der Waals surface area contributed by atoms with Gasteiger partial charge in [-0.1, -0.05) is 0 Å². The van der Waals surface area contributed by atoms with Gasteiger partial charge in [0.1, 0.15) is 11.6 Å². The molecule has 1 saturated heterocycles. The molecule has 0 aromatic carbocycles. The van der Waals surface area contributed by atoms with Crippen LogP contribution in [0.25, 0.3) is 0 Å². The molecule has 0 radical (unpaired) electrons. The second kappa shape index (κ2) is 6.66. The van der Waals surface area contributed by atoms with E-state index >= 15 is 0 Å². The van der Waals surface area contributed by atoms with Crippen LogP contribution in [0, 0.1) is 20.8 Å². The number of hydrogen-bond acceptors (Lipinski definition) is 5. The van der Waals surface area contributed by atoms with Gasteiger partial charge in [0, 0.05) is 44.5 Å². The van der Waals surface area contributed by atoms with E-state index in [1.165, 1.54) is 24.1 Å². The number of aromatic nitrogens is 4. The van der Waals surface area contributed by atoms with Crippen molar-refractivity contribution in [2.45, 2.75) is 46.2 Å². The van der Waals surface area contributed by atoms with E-state index in [1.807, 2.05) is 31.8 Å². The molecule has 3 rings (SSSR count). The predicted octanol–water partition coefficient (Wildman–Crippen LogP) is 1.89. The van der Waals surface area contributed by atoms with Gasteiger partial charge in [-0.3, -0.25) is 4.68 Å². The minimum atomic E-state index is 0.480. The van der Waals surface area contributed by atoms with Gasteiger partial charge in [0.15, 0.2) is 0 Å². The van der Waals surface area contributed by atoms with Gasteiger partial charge in [-0.05, 0) is 39.2 Å². The maximum Gasteiger partial charge on any atom is 0.132 e. The molecule has 6 nitrogen and oxygen atoms in total. The first kappa shape index (κ1) is 15.9. The highest BCUT2D eigenvalue weighted by atomic mass is 15.3. The Balaban J connectivity index is 1.64. The van der Waals surface area contributed by atoms with Gasteiger partial charge in [-0.2, -0.15) is 5.10 Å². The summed E-state index contributed by atoms with van der Waals surface area (Å²) in [6, 6.07) is 2.56. The van der Waals surface area contributed by atoms with E-state index in [4.69, 9.17) is 0 Å². The molecule has 0 saturated carbocycles. The molecule has 23 heavy (non-hydrogen) atoms. The zero-order valence-electron chi connectivity index (χ0n) is 14.5. The zero-order valence-corrected chi connectivity index (χ0v) is 14.5. The van der Waals surface area contributed by atoms with Crippen molar-refractivity contribution in [2.24, 2.45) is 7.05 Å². The first-order valence-electron chi connectivity index (χ1n) is 8.31. The van der Waals surface area contributed by atoms with E-state index in [1.54, 1.807) is 0 Å². The lowest BCUT2D eigenvalue weighted by molar-refractivity contribution is 0.414. The van der Waals surface area contributed by atoms with Crippen LogP contribution in [0.3, 0.4) is 0 Å². The van der Waals surface area contributed by atoms with Crippen LogP contribution in [-0.4, -0.2) is 38.9 Å². The summed E-state index contributed by atoms with van der Waals surface area (Å²) in [6.45, 7) is 9.03. The van der Waals surface area contributed by atoms with Crippen LogP contribution in [0.2, 0.25) is 0 Å². The summed E-state index contributed by atoms with van der Waals surface area (Å²) in [5, 5.41) is 8.00. The largest absolute Gasteiger partial charge is 0.355 e. The van der Waals surface area contributed by atoms with E-state index in [9.17, 15) is 0 Å². The number of piperidine rings is 1. The molecule has 0 spiro atoms. The highest BCUT2D eigenvalue weighted by Gasteiger charge is 2.21. The average molecular weight is 314 g/mol. The zero-order chi connectivity index (χ0) is 16.4. The second-order valence-corrected chi connectivity index (χ2v) is 6.48. The summed E-state index contributed by atoms with van der Waals surface area (Å²) in [7, 11) is 2.00. The van der Waals surface area contributed by atoms with Gasteiger partial charge < -0.3 is 10.2 Å². The Kier molecular flexibility index (Phi) is 4.61. The monoisotopic (exact) mass is 314 g/mol. The van der Waals surface area contributed by atoms with Crippen LogP contribution >= 0.6 is 0 Å². The standard InChI is InChI=1S/C17H26N6/c1-12-9-19-22(4)16(12)10-18-15-6-5-7-23(11-15)17-8-13(2)20-14(3)21-17/h8-9,15,18H,5-7,10-11H2,1-4H3. The minimum absolute atomic E-state index is 0.480. The van der Waals surface area contributed by atoms with Gasteiger partial charge in [-0.15, -0.1) is 0 Å². The topological polar surface area (TPSA) is 58.9 Å². The molecule has 2 aromatic heterocycles. The van der Waals surface area contributed by atoms with Crippen LogP contribution in [-0.2, 0) is 13.6 Å². The molecular formula is C17H26N6. The quantitative estimate of drug-likeness (QED) is 0.934. The summed E-state index contributed by atoms with van der Waals surface area (Å²) in [6.07, 6.45) is 4.32. The number of nitrogens with zero attached hydrogens (tertiary/aromatic N) is 5. The SMILES string of the molecule is Cc1cc(N2CCCC(NCc3c(C)cnn3C)C2)nc(C)n1.